The van der Waals surface area contributed by atoms with Crippen molar-refractivity contribution in [3.8, 4) is 0 Å². The second kappa shape index (κ2) is 29.6. The molecule has 10 N–H and O–H groups in total. The van der Waals surface area contributed by atoms with Crippen LogP contribution in [0.15, 0.2) is 0 Å². The molecule has 14 nitrogen and oxygen atoms in total. The van der Waals surface area contributed by atoms with Crippen LogP contribution in [-0.4, -0.2) is 101 Å². The smallest absolute Gasteiger partial charge is 0.322 e. The van der Waals surface area contributed by atoms with Crippen LogP contribution in [0, 0.1) is 0 Å². The molecule has 0 spiro atoms. The highest BCUT2D eigenvalue weighted by Crippen LogP contribution is 2.13. The lowest BCUT2D eigenvalue weighted by Crippen LogP contribution is -2.59. The zero-order valence-corrected chi connectivity index (χ0v) is 32.6. The Hall–Kier alpha value is -2.88. The first kappa shape index (κ1) is 47.1. The zero-order valence-electron chi connectivity index (χ0n) is 31.8. The molecule has 0 aliphatic carbocycles. The summed E-state index contributed by atoms with van der Waals surface area (Å²) in [5.74, 6) is -3.70. The number of aliphatic hydroxyl groups excluding tert-OH is 1. The average molecular weight is 756 g/mol. The topological polar surface area (TPSA) is 224 Å². The van der Waals surface area contributed by atoms with Crippen molar-refractivity contribution in [3.05, 3.63) is 0 Å². The molecule has 1 heterocycles. The Bertz CT molecular complexity index is 1060. The van der Waals surface area contributed by atoms with Crippen LogP contribution in [-0.2, 0) is 24.0 Å². The van der Waals surface area contributed by atoms with Crippen molar-refractivity contribution in [1.29, 1.82) is 0 Å². The van der Waals surface area contributed by atoms with Gasteiger partial charge in [-0.05, 0) is 84.2 Å². The SMILES string of the molecule is CCCCCCCCCCCCCC(=S)NCCCC[C@H](NC(=O)[C@H](CCCCN)NC(=O)[C@@H]1CCCN1)C(=O)N[C@H](C(=O)NCC(=O)O)[C@@H](C)O. The second-order valence-electron chi connectivity index (χ2n) is 14.0. The van der Waals surface area contributed by atoms with Crippen molar-refractivity contribution < 1.29 is 34.2 Å². The first-order valence-electron chi connectivity index (χ1n) is 19.8. The summed E-state index contributed by atoms with van der Waals surface area (Å²) in [6, 6.07) is -3.84. The van der Waals surface area contributed by atoms with Gasteiger partial charge in [0, 0.05) is 6.54 Å². The first-order valence-corrected chi connectivity index (χ1v) is 20.2. The van der Waals surface area contributed by atoms with Crippen molar-refractivity contribution in [2.75, 3.05) is 26.2 Å². The molecular formula is C37H69N7O7S. The highest BCUT2D eigenvalue weighted by Gasteiger charge is 2.32. The third kappa shape index (κ3) is 22.2. The highest BCUT2D eigenvalue weighted by molar-refractivity contribution is 7.80. The number of aliphatic carboxylic acids is 1. The molecule has 300 valence electrons. The van der Waals surface area contributed by atoms with Gasteiger partial charge < -0.3 is 47.8 Å². The van der Waals surface area contributed by atoms with Crippen LogP contribution in [0.3, 0.4) is 0 Å². The summed E-state index contributed by atoms with van der Waals surface area (Å²) in [5, 5.41) is 35.8. The molecule has 0 aromatic rings. The number of unbranched alkanes of at least 4 members (excludes halogenated alkanes) is 12. The van der Waals surface area contributed by atoms with E-state index in [0.717, 1.165) is 30.7 Å². The summed E-state index contributed by atoms with van der Waals surface area (Å²) >= 11 is 5.53. The molecule has 0 unspecified atom stereocenters. The fraction of sp³-hybridized carbons (Fsp3) is 0.838. The van der Waals surface area contributed by atoms with Gasteiger partial charge in [-0.3, -0.25) is 24.0 Å². The van der Waals surface area contributed by atoms with E-state index in [0.29, 0.717) is 58.2 Å². The first-order chi connectivity index (χ1) is 25.0. The molecule has 4 amide bonds. The number of aliphatic hydroxyl groups is 1. The lowest BCUT2D eigenvalue weighted by molar-refractivity contribution is -0.139. The van der Waals surface area contributed by atoms with Crippen molar-refractivity contribution in [2.45, 2.75) is 173 Å². The van der Waals surface area contributed by atoms with Crippen LogP contribution in [0.1, 0.15) is 142 Å². The summed E-state index contributed by atoms with van der Waals surface area (Å²) in [5.41, 5.74) is 5.66. The molecular weight excluding hydrogens is 687 g/mol. The minimum atomic E-state index is -1.45. The number of carboxylic acid groups (broad SMARTS) is 1. The van der Waals surface area contributed by atoms with Crippen molar-refractivity contribution in [1.82, 2.24) is 31.9 Å². The van der Waals surface area contributed by atoms with E-state index in [-0.39, 0.29) is 12.3 Å². The number of nitrogens with one attached hydrogen (secondary N) is 6. The molecule has 1 saturated heterocycles. The van der Waals surface area contributed by atoms with Gasteiger partial charge in [0.05, 0.1) is 17.1 Å². The molecule has 1 rings (SSSR count). The zero-order chi connectivity index (χ0) is 38.6. The molecule has 0 saturated carbocycles. The summed E-state index contributed by atoms with van der Waals surface area (Å²) in [4.78, 5) is 64.4. The van der Waals surface area contributed by atoms with E-state index < -0.39 is 60.5 Å². The number of thiocarbonyl (C=S) groups is 1. The lowest BCUT2D eigenvalue weighted by Gasteiger charge is -2.27. The van der Waals surface area contributed by atoms with Gasteiger partial charge in [-0.25, -0.2) is 0 Å². The molecule has 52 heavy (non-hydrogen) atoms. The Kier molecular flexibility index (Phi) is 26.8. The quantitative estimate of drug-likeness (QED) is 0.0370. The van der Waals surface area contributed by atoms with Gasteiger partial charge in [-0.2, -0.15) is 0 Å². The maximum absolute atomic E-state index is 13.6. The number of amides is 4. The van der Waals surface area contributed by atoms with Crippen LogP contribution in [0.2, 0.25) is 0 Å². The minimum absolute atomic E-state index is 0.210. The third-order valence-electron chi connectivity index (χ3n) is 9.32. The minimum Gasteiger partial charge on any atom is -0.480 e. The van der Waals surface area contributed by atoms with Gasteiger partial charge >= 0.3 is 5.97 Å². The van der Waals surface area contributed by atoms with Crippen molar-refractivity contribution in [2.24, 2.45) is 5.73 Å². The van der Waals surface area contributed by atoms with Gasteiger partial charge in [-0.1, -0.05) is 83.3 Å². The second-order valence-corrected chi connectivity index (χ2v) is 14.5. The van der Waals surface area contributed by atoms with Gasteiger partial charge in [0.2, 0.25) is 23.6 Å². The van der Waals surface area contributed by atoms with E-state index in [1.807, 2.05) is 0 Å². The van der Waals surface area contributed by atoms with E-state index in [4.69, 9.17) is 23.1 Å². The van der Waals surface area contributed by atoms with E-state index in [1.54, 1.807) is 0 Å². The molecule has 0 bridgehead atoms. The summed E-state index contributed by atoms with van der Waals surface area (Å²) < 4.78 is 0. The molecule has 5 atom stereocenters. The van der Waals surface area contributed by atoms with E-state index in [2.05, 4.69) is 38.8 Å². The third-order valence-corrected chi connectivity index (χ3v) is 9.66. The Balaban J connectivity index is 2.72. The Morgan fingerprint density at radius 2 is 1.35 bits per heavy atom. The predicted molar refractivity (Wildman–Crippen MR) is 208 cm³/mol. The number of carbonyl (C=O) groups excluding carboxylic acids is 4. The molecule has 0 radical (unpaired) electrons. The fourth-order valence-corrected chi connectivity index (χ4v) is 6.40. The normalized spacial score (nSPS) is 16.3. The largest absolute Gasteiger partial charge is 0.480 e. The Morgan fingerprint density at radius 3 is 1.90 bits per heavy atom. The van der Waals surface area contributed by atoms with Crippen LogP contribution in [0.5, 0.6) is 0 Å². The summed E-state index contributed by atoms with van der Waals surface area (Å²) in [6.07, 6.45) is 17.9. The maximum Gasteiger partial charge on any atom is 0.322 e. The van der Waals surface area contributed by atoms with Crippen LogP contribution >= 0.6 is 12.2 Å². The average Bonchev–Trinajstić information content (AvgIpc) is 3.66. The van der Waals surface area contributed by atoms with E-state index in [1.165, 1.54) is 64.7 Å². The predicted octanol–water partition coefficient (Wildman–Crippen LogP) is 2.69. The van der Waals surface area contributed by atoms with Crippen molar-refractivity contribution >= 4 is 46.8 Å². The number of rotatable bonds is 31. The van der Waals surface area contributed by atoms with E-state index >= 15 is 0 Å². The molecule has 0 aromatic carbocycles. The Labute approximate surface area is 316 Å². The fourth-order valence-electron chi connectivity index (χ4n) is 6.15. The van der Waals surface area contributed by atoms with Crippen molar-refractivity contribution in [3.63, 3.8) is 0 Å². The van der Waals surface area contributed by atoms with Crippen LogP contribution in [0.25, 0.3) is 0 Å². The van der Waals surface area contributed by atoms with E-state index in [9.17, 15) is 29.1 Å². The van der Waals surface area contributed by atoms with Gasteiger partial charge in [-0.15, -0.1) is 0 Å². The highest BCUT2D eigenvalue weighted by atomic mass is 32.1. The Morgan fingerprint density at radius 1 is 0.769 bits per heavy atom. The van der Waals surface area contributed by atoms with Crippen LogP contribution < -0.4 is 37.6 Å². The molecule has 0 aromatic heterocycles. The standard InChI is InChI=1S/C37H69N7O7S/c1-3-4-5-6-7-8-9-10-11-12-13-22-31(52)40-24-17-15-20-30(36(50)44-33(27(2)45)37(51)41-26-32(46)47)43-35(49)29(19-14-16-23-38)42-34(48)28-21-18-25-39-28/h27-30,33,39,45H,3-26,38H2,1-2H3,(H,40,52)(H,41,51)(H,42,48)(H,43,49)(H,44,50)(H,46,47)/t27-,28+,29+,30+,33+/m1/s1. The maximum atomic E-state index is 13.6. The number of carbonyl (C=O) groups is 5. The molecule has 1 aliphatic heterocycles. The summed E-state index contributed by atoms with van der Waals surface area (Å²) in [7, 11) is 0. The van der Waals surface area contributed by atoms with Gasteiger partial charge in [0.1, 0.15) is 24.7 Å². The monoisotopic (exact) mass is 755 g/mol. The molecule has 1 aliphatic rings. The molecule has 15 heteroatoms. The van der Waals surface area contributed by atoms with Crippen LogP contribution in [0.4, 0.5) is 0 Å². The van der Waals surface area contributed by atoms with Gasteiger partial charge in [0.25, 0.3) is 0 Å². The van der Waals surface area contributed by atoms with Gasteiger partial charge in [0.15, 0.2) is 0 Å². The number of hydrogen-bond acceptors (Lipinski definition) is 9. The number of carboxylic acids is 1. The molecule has 1 fully saturated rings. The number of nitrogens with two attached hydrogens (primary N) is 1. The number of hydrogen-bond donors (Lipinski definition) is 9. The summed E-state index contributed by atoms with van der Waals surface area (Å²) in [6.45, 7) is 4.59. The lowest BCUT2D eigenvalue weighted by atomic mass is 10.0.